The van der Waals surface area contributed by atoms with Crippen LogP contribution >= 0.6 is 0 Å². The first-order valence-corrected chi connectivity index (χ1v) is 11.7. The Kier molecular flexibility index (Phi) is 7.94. The van der Waals surface area contributed by atoms with Crippen molar-refractivity contribution < 1.29 is 19.8 Å². The number of benzene rings is 1. The Balaban J connectivity index is 1.94. The summed E-state index contributed by atoms with van der Waals surface area (Å²) in [5.74, 6) is -0.157. The van der Waals surface area contributed by atoms with E-state index in [0.29, 0.717) is 6.54 Å². The molecule has 8 nitrogen and oxygen atoms in total. The van der Waals surface area contributed by atoms with E-state index in [1.165, 1.54) is 4.90 Å². The summed E-state index contributed by atoms with van der Waals surface area (Å²) in [6.07, 6.45) is 1.01. The lowest BCUT2D eigenvalue weighted by atomic mass is 9.91. The first-order valence-electron chi connectivity index (χ1n) is 11.7. The third kappa shape index (κ3) is 5.74. The summed E-state index contributed by atoms with van der Waals surface area (Å²) in [4.78, 5) is 33.1. The minimum atomic E-state index is -1.25. The van der Waals surface area contributed by atoms with Gasteiger partial charge in [0.05, 0.1) is 18.3 Å². The summed E-state index contributed by atoms with van der Waals surface area (Å²) in [6, 6.07) is 11.4. The van der Waals surface area contributed by atoms with Gasteiger partial charge in [0.1, 0.15) is 6.04 Å². The Hall–Kier alpha value is -2.97. The first-order chi connectivity index (χ1) is 16.0. The minimum Gasteiger partial charge on any atom is -0.465 e. The van der Waals surface area contributed by atoms with Crippen LogP contribution in [0.2, 0.25) is 0 Å². The number of aliphatic hydroxyl groups excluding tert-OH is 1. The lowest BCUT2D eigenvalue weighted by Gasteiger charge is -2.42. The number of carboxylic acid groups (broad SMARTS) is 1. The molecule has 1 fully saturated rings. The molecule has 1 aromatic heterocycles. The number of nitrogens with one attached hydrogen (secondary N) is 1. The van der Waals surface area contributed by atoms with Gasteiger partial charge in [0.25, 0.3) is 0 Å². The molecule has 2 heterocycles. The van der Waals surface area contributed by atoms with Crippen LogP contribution in [-0.4, -0.2) is 66.9 Å². The number of carbonyl (C=O) groups excluding carboxylic acids is 1. The Morgan fingerprint density at radius 1 is 1.15 bits per heavy atom. The van der Waals surface area contributed by atoms with E-state index in [-0.39, 0.29) is 24.4 Å². The van der Waals surface area contributed by atoms with Gasteiger partial charge >= 0.3 is 6.09 Å². The number of hydrogen-bond donors (Lipinski definition) is 3. The van der Waals surface area contributed by atoms with Gasteiger partial charge < -0.3 is 15.1 Å². The number of aromatic nitrogens is 1. The van der Waals surface area contributed by atoms with E-state index in [9.17, 15) is 19.8 Å². The molecule has 2 aromatic rings. The standard InChI is InChI=1S/C26H36N4O4/c1-17(2)23-28-21(24(32)29(23)16-19-12-9-13-27-15-19)22(31)20(14-18-10-7-6-8-11-18)30(25(33)34)26(3,4)5/h6-13,15,17,20-23,28,31H,14,16H2,1-5H3,(H,33,34)/t20-,21-,22-,23?/m0/s1. The summed E-state index contributed by atoms with van der Waals surface area (Å²) >= 11 is 0. The van der Waals surface area contributed by atoms with E-state index in [4.69, 9.17) is 0 Å². The second-order valence-corrected chi connectivity index (χ2v) is 10.2. The zero-order valence-corrected chi connectivity index (χ0v) is 20.5. The molecule has 0 spiro atoms. The molecule has 1 saturated heterocycles. The molecule has 0 aliphatic carbocycles. The van der Waals surface area contributed by atoms with Crippen LogP contribution < -0.4 is 5.32 Å². The van der Waals surface area contributed by atoms with Crippen LogP contribution in [0.15, 0.2) is 54.9 Å². The Morgan fingerprint density at radius 3 is 2.32 bits per heavy atom. The average molecular weight is 469 g/mol. The van der Waals surface area contributed by atoms with Crippen LogP contribution in [0.5, 0.6) is 0 Å². The first kappa shape index (κ1) is 25.6. The summed E-state index contributed by atoms with van der Waals surface area (Å²) in [7, 11) is 0. The van der Waals surface area contributed by atoms with Crippen molar-refractivity contribution in [3.63, 3.8) is 0 Å². The monoisotopic (exact) mass is 468 g/mol. The van der Waals surface area contributed by atoms with E-state index in [2.05, 4.69) is 10.3 Å². The molecule has 0 bridgehead atoms. The highest BCUT2D eigenvalue weighted by Crippen LogP contribution is 2.28. The van der Waals surface area contributed by atoms with E-state index in [1.54, 1.807) is 38.1 Å². The largest absolute Gasteiger partial charge is 0.465 e. The van der Waals surface area contributed by atoms with Gasteiger partial charge in [0, 0.05) is 24.5 Å². The summed E-state index contributed by atoms with van der Waals surface area (Å²) in [6.45, 7) is 9.76. The van der Waals surface area contributed by atoms with Crippen molar-refractivity contribution in [2.75, 3.05) is 0 Å². The van der Waals surface area contributed by atoms with Crippen molar-refractivity contribution in [2.45, 2.75) is 77.5 Å². The van der Waals surface area contributed by atoms with Gasteiger partial charge in [0.15, 0.2) is 0 Å². The van der Waals surface area contributed by atoms with Crippen LogP contribution in [0.3, 0.4) is 0 Å². The third-order valence-corrected chi connectivity index (χ3v) is 6.23. The molecular formula is C26H36N4O4. The van der Waals surface area contributed by atoms with Crippen molar-refractivity contribution >= 4 is 12.0 Å². The molecule has 0 saturated carbocycles. The maximum Gasteiger partial charge on any atom is 0.408 e. The van der Waals surface area contributed by atoms with Gasteiger partial charge in [-0.1, -0.05) is 50.2 Å². The van der Waals surface area contributed by atoms with Gasteiger partial charge in [-0.05, 0) is 50.3 Å². The maximum absolute atomic E-state index is 13.6. The Morgan fingerprint density at radius 2 is 1.79 bits per heavy atom. The van der Waals surface area contributed by atoms with E-state index in [0.717, 1.165) is 11.1 Å². The maximum atomic E-state index is 13.6. The van der Waals surface area contributed by atoms with Gasteiger partial charge in [-0.25, -0.2) is 4.79 Å². The smallest absolute Gasteiger partial charge is 0.408 e. The van der Waals surface area contributed by atoms with Gasteiger partial charge in [-0.15, -0.1) is 0 Å². The highest BCUT2D eigenvalue weighted by molar-refractivity contribution is 5.85. The number of aliphatic hydroxyl groups is 1. The molecule has 8 heteroatoms. The normalized spacial score (nSPS) is 20.4. The van der Waals surface area contributed by atoms with E-state index in [1.807, 2.05) is 56.3 Å². The van der Waals surface area contributed by atoms with Crippen LogP contribution in [0, 0.1) is 5.92 Å². The van der Waals surface area contributed by atoms with Crippen molar-refractivity contribution in [3.05, 3.63) is 66.0 Å². The lowest BCUT2D eigenvalue weighted by molar-refractivity contribution is -0.134. The molecule has 1 aliphatic heterocycles. The average Bonchev–Trinajstić information content (AvgIpc) is 3.09. The van der Waals surface area contributed by atoms with Crippen molar-refractivity contribution in [1.82, 2.24) is 20.1 Å². The molecular weight excluding hydrogens is 432 g/mol. The number of carbonyl (C=O) groups is 2. The lowest BCUT2D eigenvalue weighted by Crippen LogP contribution is -2.61. The summed E-state index contributed by atoms with van der Waals surface area (Å²) < 4.78 is 0. The molecule has 1 unspecified atom stereocenters. The topological polar surface area (TPSA) is 106 Å². The zero-order valence-electron chi connectivity index (χ0n) is 20.5. The fraction of sp³-hybridized carbons (Fsp3) is 0.500. The van der Waals surface area contributed by atoms with Crippen LogP contribution in [-0.2, 0) is 17.8 Å². The molecule has 0 radical (unpaired) electrons. The number of amides is 2. The Bertz CT molecular complexity index is 962. The second kappa shape index (κ2) is 10.5. The number of nitrogens with zero attached hydrogens (tertiary/aromatic N) is 3. The molecule has 4 atom stereocenters. The zero-order chi connectivity index (χ0) is 25.0. The highest BCUT2D eigenvalue weighted by Gasteiger charge is 2.48. The van der Waals surface area contributed by atoms with Crippen molar-refractivity contribution in [1.29, 1.82) is 0 Å². The summed E-state index contributed by atoms with van der Waals surface area (Å²) in [5.41, 5.74) is 1.00. The molecule has 1 aromatic carbocycles. The van der Waals surface area contributed by atoms with Crippen LogP contribution in [0.4, 0.5) is 4.79 Å². The molecule has 34 heavy (non-hydrogen) atoms. The van der Waals surface area contributed by atoms with Gasteiger partial charge in [0.2, 0.25) is 5.91 Å². The minimum absolute atomic E-state index is 0.0867. The SMILES string of the molecule is CC(C)C1N[C@@H]([C@@H](O)[C@H](Cc2ccccc2)N(C(=O)O)C(C)(C)C)C(=O)N1Cc1cccnc1. The summed E-state index contributed by atoms with van der Waals surface area (Å²) in [5, 5.41) is 25.0. The van der Waals surface area contributed by atoms with Crippen molar-refractivity contribution in [2.24, 2.45) is 5.92 Å². The number of rotatable bonds is 8. The fourth-order valence-electron chi connectivity index (χ4n) is 4.69. The molecule has 184 valence electrons. The molecule has 3 N–H and O–H groups in total. The predicted octanol–water partition coefficient (Wildman–Crippen LogP) is 3.11. The quantitative estimate of drug-likeness (QED) is 0.550. The van der Waals surface area contributed by atoms with Crippen molar-refractivity contribution in [3.8, 4) is 0 Å². The number of hydrogen-bond acceptors (Lipinski definition) is 5. The third-order valence-electron chi connectivity index (χ3n) is 6.23. The van der Waals surface area contributed by atoms with E-state index >= 15 is 0 Å². The fourth-order valence-corrected chi connectivity index (χ4v) is 4.69. The number of pyridine rings is 1. The molecule has 2 amide bonds. The van der Waals surface area contributed by atoms with E-state index < -0.39 is 29.8 Å². The molecule has 1 aliphatic rings. The highest BCUT2D eigenvalue weighted by atomic mass is 16.4. The molecule has 3 rings (SSSR count). The second-order valence-electron chi connectivity index (χ2n) is 10.2. The predicted molar refractivity (Wildman–Crippen MR) is 130 cm³/mol. The van der Waals surface area contributed by atoms with Gasteiger partial charge in [-0.3, -0.25) is 20.0 Å². The van der Waals surface area contributed by atoms with Gasteiger partial charge in [-0.2, -0.15) is 0 Å². The van der Waals surface area contributed by atoms with Crippen LogP contribution in [0.25, 0.3) is 0 Å². The van der Waals surface area contributed by atoms with Crippen LogP contribution in [0.1, 0.15) is 45.7 Å². The Labute approximate surface area is 201 Å².